The lowest BCUT2D eigenvalue weighted by Gasteiger charge is -2.20. The Balaban J connectivity index is 1.88. The van der Waals surface area contributed by atoms with Gasteiger partial charge < -0.3 is 10.4 Å². The number of aromatic nitrogens is 1. The van der Waals surface area contributed by atoms with Crippen molar-refractivity contribution in [3.05, 3.63) is 48.2 Å². The summed E-state index contributed by atoms with van der Waals surface area (Å²) in [7, 11) is 0. The van der Waals surface area contributed by atoms with Crippen LogP contribution in [0.1, 0.15) is 32.3 Å². The van der Waals surface area contributed by atoms with Crippen LogP contribution in [0.2, 0.25) is 0 Å². The number of para-hydroxylation sites is 1. The molecule has 1 amide bonds. The van der Waals surface area contributed by atoms with Crippen LogP contribution in [0, 0.1) is 5.41 Å². The third kappa shape index (κ3) is 5.18. The fourth-order valence-electron chi connectivity index (χ4n) is 2.34. The zero-order chi connectivity index (χ0) is 16.7. The van der Waals surface area contributed by atoms with Crippen molar-refractivity contribution in [3.63, 3.8) is 0 Å². The number of carbonyl (C=O) groups excluding carboxylic acids is 1. The fraction of sp³-hybridized carbons (Fsp3) is 0.368. The lowest BCUT2D eigenvalue weighted by atomic mass is 9.89. The van der Waals surface area contributed by atoms with Crippen molar-refractivity contribution < 1.29 is 9.90 Å². The monoisotopic (exact) mass is 312 g/mol. The largest absolute Gasteiger partial charge is 0.396 e. The number of nitrogens with one attached hydrogen (secondary N) is 1. The molecule has 4 nitrogen and oxygen atoms in total. The van der Waals surface area contributed by atoms with Gasteiger partial charge in [-0.15, -0.1) is 0 Å². The maximum Gasteiger partial charge on any atom is 0.244 e. The maximum absolute atomic E-state index is 11.9. The van der Waals surface area contributed by atoms with E-state index in [0.29, 0.717) is 6.54 Å². The van der Waals surface area contributed by atoms with E-state index in [1.807, 2.05) is 44.2 Å². The van der Waals surface area contributed by atoms with Crippen molar-refractivity contribution in [1.29, 1.82) is 0 Å². The number of nitrogens with zero attached hydrogens (tertiary/aromatic N) is 1. The first-order valence-electron chi connectivity index (χ1n) is 7.92. The minimum atomic E-state index is -0.111. The van der Waals surface area contributed by atoms with Crippen molar-refractivity contribution in [1.82, 2.24) is 10.3 Å². The van der Waals surface area contributed by atoms with Gasteiger partial charge in [0.15, 0.2) is 0 Å². The topological polar surface area (TPSA) is 62.2 Å². The lowest BCUT2D eigenvalue weighted by molar-refractivity contribution is -0.116. The number of fused-ring (bicyclic) bond motifs is 1. The van der Waals surface area contributed by atoms with Gasteiger partial charge in [0, 0.05) is 36.4 Å². The van der Waals surface area contributed by atoms with Crippen molar-refractivity contribution >= 4 is 22.9 Å². The zero-order valence-corrected chi connectivity index (χ0v) is 13.7. The van der Waals surface area contributed by atoms with Gasteiger partial charge in [0.25, 0.3) is 0 Å². The highest BCUT2D eigenvalue weighted by atomic mass is 16.3. The van der Waals surface area contributed by atoms with E-state index in [0.717, 1.165) is 29.3 Å². The van der Waals surface area contributed by atoms with Crippen LogP contribution in [0.5, 0.6) is 0 Å². The molecule has 2 aromatic rings. The SMILES string of the molecule is CC(C)(CO)CCCNC(=O)/C=C/c1cccc2cccnc12. The average Bonchev–Trinajstić information content (AvgIpc) is 2.57. The minimum absolute atomic E-state index is 0.0881. The predicted octanol–water partition coefficient (Wildman–Crippen LogP) is 3.16. The van der Waals surface area contributed by atoms with Gasteiger partial charge in [-0.2, -0.15) is 0 Å². The highest BCUT2D eigenvalue weighted by Crippen LogP contribution is 2.20. The Labute approximate surface area is 137 Å². The number of carbonyl (C=O) groups is 1. The van der Waals surface area contributed by atoms with E-state index in [-0.39, 0.29) is 17.9 Å². The molecule has 0 aliphatic rings. The molecule has 0 aliphatic carbocycles. The fourth-order valence-corrected chi connectivity index (χ4v) is 2.34. The molecule has 0 unspecified atom stereocenters. The van der Waals surface area contributed by atoms with E-state index in [2.05, 4.69) is 10.3 Å². The summed E-state index contributed by atoms with van der Waals surface area (Å²) >= 11 is 0. The van der Waals surface area contributed by atoms with Gasteiger partial charge in [-0.3, -0.25) is 9.78 Å². The molecule has 0 aliphatic heterocycles. The summed E-state index contributed by atoms with van der Waals surface area (Å²) in [6, 6.07) is 9.81. The summed E-state index contributed by atoms with van der Waals surface area (Å²) in [5, 5.41) is 13.1. The van der Waals surface area contributed by atoms with Gasteiger partial charge in [-0.1, -0.05) is 38.1 Å². The number of pyridine rings is 1. The molecule has 2 N–H and O–H groups in total. The Bertz CT molecular complexity index is 687. The first-order chi connectivity index (χ1) is 11.0. The summed E-state index contributed by atoms with van der Waals surface area (Å²) in [5.41, 5.74) is 1.73. The maximum atomic E-state index is 11.9. The van der Waals surface area contributed by atoms with E-state index in [1.54, 1.807) is 18.3 Å². The molecule has 2 rings (SSSR count). The number of aliphatic hydroxyl groups is 1. The van der Waals surface area contributed by atoms with Crippen LogP contribution in [0.4, 0.5) is 0 Å². The van der Waals surface area contributed by atoms with Gasteiger partial charge in [0.1, 0.15) is 0 Å². The molecule has 23 heavy (non-hydrogen) atoms. The molecule has 0 atom stereocenters. The second-order valence-electron chi connectivity index (χ2n) is 6.47. The van der Waals surface area contributed by atoms with Crippen molar-refractivity contribution in [3.8, 4) is 0 Å². The van der Waals surface area contributed by atoms with Gasteiger partial charge >= 0.3 is 0 Å². The van der Waals surface area contributed by atoms with Crippen molar-refractivity contribution in [2.45, 2.75) is 26.7 Å². The van der Waals surface area contributed by atoms with Gasteiger partial charge in [-0.05, 0) is 30.4 Å². The van der Waals surface area contributed by atoms with Gasteiger partial charge in [0.2, 0.25) is 5.91 Å². The van der Waals surface area contributed by atoms with Crippen LogP contribution >= 0.6 is 0 Å². The standard InChI is InChI=1S/C19H24N2O2/c1-19(2,14-22)11-5-13-20-17(23)10-9-16-7-3-6-15-8-4-12-21-18(15)16/h3-4,6-10,12,22H,5,11,13-14H2,1-2H3,(H,20,23)/b10-9+. The Morgan fingerprint density at radius 2 is 2.09 bits per heavy atom. The molecule has 122 valence electrons. The van der Waals surface area contributed by atoms with E-state index in [4.69, 9.17) is 0 Å². The molecule has 0 saturated carbocycles. The molecule has 0 saturated heterocycles. The molecule has 0 radical (unpaired) electrons. The highest BCUT2D eigenvalue weighted by Gasteiger charge is 2.15. The van der Waals surface area contributed by atoms with Crippen LogP contribution in [0.25, 0.3) is 17.0 Å². The smallest absolute Gasteiger partial charge is 0.244 e. The number of benzene rings is 1. The molecule has 0 bridgehead atoms. The predicted molar refractivity (Wildman–Crippen MR) is 93.9 cm³/mol. The third-order valence-corrected chi connectivity index (χ3v) is 3.84. The normalized spacial score (nSPS) is 12.0. The van der Waals surface area contributed by atoms with Crippen LogP contribution in [0.15, 0.2) is 42.6 Å². The van der Waals surface area contributed by atoms with E-state index < -0.39 is 0 Å². The first-order valence-corrected chi connectivity index (χ1v) is 7.92. The van der Waals surface area contributed by atoms with Gasteiger partial charge in [0.05, 0.1) is 5.52 Å². The number of rotatable bonds is 7. The second-order valence-corrected chi connectivity index (χ2v) is 6.47. The first kappa shape index (κ1) is 17.2. The van der Waals surface area contributed by atoms with Gasteiger partial charge in [-0.25, -0.2) is 0 Å². The van der Waals surface area contributed by atoms with E-state index in [1.165, 1.54) is 0 Å². The molecule has 4 heteroatoms. The molecular formula is C19H24N2O2. The summed E-state index contributed by atoms with van der Waals surface area (Å²) < 4.78 is 0. The zero-order valence-electron chi connectivity index (χ0n) is 13.7. The van der Waals surface area contributed by atoms with Crippen LogP contribution < -0.4 is 5.32 Å². The molecule has 0 fully saturated rings. The Morgan fingerprint density at radius 1 is 1.30 bits per heavy atom. The second kappa shape index (κ2) is 7.88. The van der Waals surface area contributed by atoms with E-state index >= 15 is 0 Å². The Kier molecular flexibility index (Phi) is 5.88. The van der Waals surface area contributed by atoms with Crippen LogP contribution in [-0.2, 0) is 4.79 Å². The number of hydrogen-bond donors (Lipinski definition) is 2. The molecule has 1 aromatic heterocycles. The highest BCUT2D eigenvalue weighted by molar-refractivity contribution is 5.95. The molecule has 1 heterocycles. The molecule has 0 spiro atoms. The van der Waals surface area contributed by atoms with Crippen LogP contribution in [0.3, 0.4) is 0 Å². The summed E-state index contributed by atoms with van der Waals surface area (Å²) in [6.07, 6.45) is 6.81. The summed E-state index contributed by atoms with van der Waals surface area (Å²) in [5.74, 6) is -0.111. The Morgan fingerprint density at radius 3 is 2.87 bits per heavy atom. The lowest BCUT2D eigenvalue weighted by Crippen LogP contribution is -2.24. The molecular weight excluding hydrogens is 288 g/mol. The van der Waals surface area contributed by atoms with Crippen molar-refractivity contribution in [2.75, 3.05) is 13.2 Å². The van der Waals surface area contributed by atoms with Crippen molar-refractivity contribution in [2.24, 2.45) is 5.41 Å². The molecule has 1 aromatic carbocycles. The average molecular weight is 312 g/mol. The number of hydrogen-bond acceptors (Lipinski definition) is 3. The summed E-state index contributed by atoms with van der Waals surface area (Å²) in [4.78, 5) is 16.2. The van der Waals surface area contributed by atoms with Crippen LogP contribution in [-0.4, -0.2) is 29.1 Å². The third-order valence-electron chi connectivity index (χ3n) is 3.84. The quantitative estimate of drug-likeness (QED) is 0.610. The van der Waals surface area contributed by atoms with E-state index in [9.17, 15) is 9.90 Å². The Hall–Kier alpha value is -2.20. The number of aliphatic hydroxyl groups excluding tert-OH is 1. The number of amides is 1. The summed E-state index contributed by atoms with van der Waals surface area (Å²) in [6.45, 7) is 4.81. The minimum Gasteiger partial charge on any atom is -0.396 e.